The van der Waals surface area contributed by atoms with E-state index in [1.807, 2.05) is 31.2 Å². The van der Waals surface area contributed by atoms with Crippen LogP contribution in [-0.2, 0) is 33.8 Å². The molecule has 3 aliphatic rings. The quantitative estimate of drug-likeness (QED) is 0.277. The van der Waals surface area contributed by atoms with Crippen LogP contribution in [-0.4, -0.2) is 55.0 Å². The number of fused-ring (bicyclic) bond motifs is 4. The lowest BCUT2D eigenvalue weighted by molar-refractivity contribution is -0.139. The Morgan fingerprint density at radius 2 is 1.88 bits per heavy atom. The van der Waals surface area contributed by atoms with Crippen molar-refractivity contribution in [2.24, 2.45) is 5.41 Å². The zero-order valence-corrected chi connectivity index (χ0v) is 25.6. The van der Waals surface area contributed by atoms with Crippen LogP contribution >= 0.6 is 15.9 Å². The number of aryl methyl sites for hydroxylation is 2. The number of amides is 1. The van der Waals surface area contributed by atoms with E-state index in [4.69, 9.17) is 4.42 Å². The third kappa shape index (κ3) is 5.65. The molecule has 0 aromatic carbocycles. The summed E-state index contributed by atoms with van der Waals surface area (Å²) >= 11 is 3.40. The largest absolute Gasteiger partial charge is 0.459 e. The van der Waals surface area contributed by atoms with Gasteiger partial charge in [0.05, 0.1) is 18.2 Å². The second-order valence-corrected chi connectivity index (χ2v) is 13.0. The number of carbonyl (C=O) groups excluding carboxylic acids is 4. The molecule has 1 saturated heterocycles. The summed E-state index contributed by atoms with van der Waals surface area (Å²) < 4.78 is 8.30. The molecule has 0 radical (unpaired) electrons. The van der Waals surface area contributed by atoms with Crippen molar-refractivity contribution in [2.75, 3.05) is 0 Å². The first-order valence-corrected chi connectivity index (χ1v) is 15.6. The van der Waals surface area contributed by atoms with E-state index >= 15 is 0 Å². The number of halogens is 1. The molecule has 3 aromatic rings. The summed E-state index contributed by atoms with van der Waals surface area (Å²) in [6.07, 6.45) is 6.60. The second kappa shape index (κ2) is 11.4. The van der Waals surface area contributed by atoms with E-state index in [0.29, 0.717) is 47.4 Å². The molecule has 2 aliphatic heterocycles. The molecular weight excluding hydrogens is 600 g/mol. The van der Waals surface area contributed by atoms with E-state index in [-0.39, 0.29) is 53.4 Å². The molecule has 0 unspecified atom stereocenters. The van der Waals surface area contributed by atoms with E-state index in [2.05, 4.69) is 26.0 Å². The lowest BCUT2D eigenvalue weighted by Crippen LogP contribution is -2.45. The Bertz CT molecular complexity index is 1570. The molecule has 9 nitrogen and oxygen atoms in total. The minimum atomic E-state index is -0.602. The van der Waals surface area contributed by atoms with Crippen LogP contribution in [0.5, 0.6) is 0 Å². The number of hydrogen-bond donors (Lipinski definition) is 0. The second-order valence-electron chi connectivity index (χ2n) is 12.1. The number of pyridine rings is 1. The third-order valence-corrected chi connectivity index (χ3v) is 9.65. The van der Waals surface area contributed by atoms with Crippen molar-refractivity contribution in [3.05, 3.63) is 57.6 Å². The number of hydrogen-bond acceptors (Lipinski definition) is 7. The number of ketones is 3. The van der Waals surface area contributed by atoms with Crippen molar-refractivity contribution in [3.8, 4) is 11.5 Å². The maximum atomic E-state index is 14.1. The van der Waals surface area contributed by atoms with Gasteiger partial charge >= 0.3 is 0 Å². The van der Waals surface area contributed by atoms with Gasteiger partial charge in [-0.15, -0.1) is 0 Å². The van der Waals surface area contributed by atoms with Crippen LogP contribution in [0.1, 0.15) is 85.8 Å². The third-order valence-electron chi connectivity index (χ3n) is 9.21. The number of aromatic nitrogens is 3. The van der Waals surface area contributed by atoms with Gasteiger partial charge in [0, 0.05) is 32.2 Å². The summed E-state index contributed by atoms with van der Waals surface area (Å²) in [7, 11) is 0. The number of carbonyl (C=O) groups is 4. The molecule has 0 N–H and O–H groups in total. The van der Waals surface area contributed by atoms with Gasteiger partial charge in [-0.2, -0.15) is 5.10 Å². The average molecular weight is 636 g/mol. The van der Waals surface area contributed by atoms with Crippen molar-refractivity contribution < 1.29 is 23.6 Å². The molecule has 0 spiro atoms. The summed E-state index contributed by atoms with van der Waals surface area (Å²) in [5.74, 6) is 1.11. The highest BCUT2D eigenvalue weighted by Gasteiger charge is 2.66. The maximum absolute atomic E-state index is 14.1. The Labute approximate surface area is 253 Å². The van der Waals surface area contributed by atoms with Gasteiger partial charge in [0.15, 0.2) is 17.3 Å². The van der Waals surface area contributed by atoms with Crippen LogP contribution in [0.25, 0.3) is 11.5 Å². The topological polar surface area (TPSA) is 115 Å². The van der Waals surface area contributed by atoms with Crippen molar-refractivity contribution in [2.45, 2.75) is 96.7 Å². The summed E-state index contributed by atoms with van der Waals surface area (Å²) in [5.41, 5.74) is 2.20. The number of nitrogens with zero attached hydrogens (tertiary/aromatic N) is 4. The van der Waals surface area contributed by atoms with Crippen LogP contribution < -0.4 is 0 Å². The fourth-order valence-corrected chi connectivity index (χ4v) is 7.06. The molecule has 6 rings (SSSR count). The predicted molar refractivity (Wildman–Crippen MR) is 158 cm³/mol. The molecule has 1 saturated carbocycles. The number of piperidine rings is 1. The lowest BCUT2D eigenvalue weighted by Gasteiger charge is -2.27. The molecule has 1 aliphatic carbocycles. The Kier molecular flexibility index (Phi) is 7.76. The van der Waals surface area contributed by atoms with Crippen LogP contribution in [0, 0.1) is 12.3 Å². The number of furan rings is 1. The molecule has 2 fully saturated rings. The minimum absolute atomic E-state index is 0.0540. The van der Waals surface area contributed by atoms with Gasteiger partial charge in [-0.3, -0.25) is 23.9 Å². The fourth-order valence-electron chi connectivity index (χ4n) is 6.71. The first-order valence-electron chi connectivity index (χ1n) is 14.8. The van der Waals surface area contributed by atoms with Crippen molar-refractivity contribution >= 4 is 39.2 Å². The Morgan fingerprint density at radius 1 is 1.07 bits per heavy atom. The lowest BCUT2D eigenvalue weighted by atomic mass is 9.90. The first kappa shape index (κ1) is 28.7. The van der Waals surface area contributed by atoms with Crippen LogP contribution in [0.4, 0.5) is 0 Å². The van der Waals surface area contributed by atoms with Gasteiger partial charge in [0.2, 0.25) is 5.91 Å². The van der Waals surface area contributed by atoms with E-state index in [9.17, 15) is 19.2 Å². The van der Waals surface area contributed by atoms with Crippen LogP contribution in [0.3, 0.4) is 0 Å². The van der Waals surface area contributed by atoms with E-state index in [1.54, 1.807) is 11.0 Å². The molecular formula is C32H35BrN4O5. The van der Waals surface area contributed by atoms with Crippen LogP contribution in [0.15, 0.2) is 39.4 Å². The Morgan fingerprint density at radius 3 is 2.69 bits per heavy atom. The SMILES string of the molecule is CC(=O)c1cc2n(n1)CC(=O)N1[C@H](C(=O)Cc3nc(Br)ccc3C)C[C@@]3(CCC(=O)CCCCCc4ccc-2o4)C[C@@H]13. The summed E-state index contributed by atoms with van der Waals surface area (Å²) in [6, 6.07) is 8.49. The monoisotopic (exact) mass is 634 g/mol. The molecule has 10 heteroatoms. The molecule has 42 heavy (non-hydrogen) atoms. The molecule has 5 heterocycles. The normalized spacial score (nSPS) is 24.5. The summed E-state index contributed by atoms with van der Waals surface area (Å²) in [6.45, 7) is 3.25. The van der Waals surface area contributed by atoms with Gasteiger partial charge in [0.1, 0.15) is 34.1 Å². The van der Waals surface area contributed by atoms with Crippen molar-refractivity contribution in [1.82, 2.24) is 19.7 Å². The average Bonchev–Trinajstić information content (AvgIpc) is 3.29. The first-order chi connectivity index (χ1) is 20.1. The van der Waals surface area contributed by atoms with Crippen molar-refractivity contribution in [3.63, 3.8) is 0 Å². The smallest absolute Gasteiger partial charge is 0.245 e. The maximum Gasteiger partial charge on any atom is 0.245 e. The van der Waals surface area contributed by atoms with Gasteiger partial charge in [-0.1, -0.05) is 12.5 Å². The minimum Gasteiger partial charge on any atom is -0.459 e. The Hall–Kier alpha value is -3.40. The zero-order chi connectivity index (χ0) is 29.6. The highest BCUT2D eigenvalue weighted by Crippen LogP contribution is 2.62. The number of Topliss-reactive ketones (excluding diaryl/α,β-unsaturated/α-hetero) is 3. The van der Waals surface area contributed by atoms with Gasteiger partial charge in [-0.05, 0) is 90.2 Å². The summed E-state index contributed by atoms with van der Waals surface area (Å²) in [5, 5.41) is 4.47. The highest BCUT2D eigenvalue weighted by molar-refractivity contribution is 9.10. The zero-order valence-electron chi connectivity index (χ0n) is 24.0. The van der Waals surface area contributed by atoms with Crippen LogP contribution in [0.2, 0.25) is 0 Å². The van der Waals surface area contributed by atoms with Gasteiger partial charge in [-0.25, -0.2) is 4.98 Å². The van der Waals surface area contributed by atoms with E-state index in [0.717, 1.165) is 43.4 Å². The van der Waals surface area contributed by atoms with E-state index < -0.39 is 6.04 Å². The molecule has 3 atom stereocenters. The standard InChI is InChI=1S/C32H35BrN4O5/c1-19-8-11-30(33)34-23(19)15-27(40)26-16-32-13-12-21(39)6-4-3-5-7-22-9-10-28(42-22)25-14-24(20(2)38)35-36(25)18-31(41)37(26)29(32)17-32/h8-11,14,26,29H,3-7,12-13,15-18H2,1-2H3/t26-,29+,32-/m0/s1. The van der Waals surface area contributed by atoms with Gasteiger partial charge in [0.25, 0.3) is 0 Å². The fraction of sp³-hybridized carbons (Fsp3) is 0.500. The highest BCUT2D eigenvalue weighted by atomic mass is 79.9. The summed E-state index contributed by atoms with van der Waals surface area (Å²) in [4.78, 5) is 59.2. The Balaban J connectivity index is 1.33. The van der Waals surface area contributed by atoms with Crippen molar-refractivity contribution in [1.29, 1.82) is 0 Å². The molecule has 4 bridgehead atoms. The van der Waals surface area contributed by atoms with E-state index in [1.165, 1.54) is 11.6 Å². The molecule has 3 aromatic heterocycles. The number of rotatable bonds is 4. The van der Waals surface area contributed by atoms with Gasteiger partial charge < -0.3 is 9.32 Å². The predicted octanol–water partition coefficient (Wildman–Crippen LogP) is 5.45. The molecule has 220 valence electrons. The molecule has 1 amide bonds.